The van der Waals surface area contributed by atoms with E-state index in [-0.39, 0.29) is 29.6 Å². The lowest BCUT2D eigenvalue weighted by Gasteiger charge is -2.21. The lowest BCUT2D eigenvalue weighted by atomic mass is 10.0. The van der Waals surface area contributed by atoms with Gasteiger partial charge >= 0.3 is 17.8 Å². The predicted octanol–water partition coefficient (Wildman–Crippen LogP) is 4.48. The van der Waals surface area contributed by atoms with E-state index >= 15 is 4.39 Å². The molecule has 1 atom stereocenters. The van der Waals surface area contributed by atoms with Crippen molar-refractivity contribution in [1.29, 1.82) is 5.41 Å². The van der Waals surface area contributed by atoms with Crippen LogP contribution >= 0.6 is 0 Å². The molecular formula is C28H27F5N6O5. The zero-order valence-corrected chi connectivity index (χ0v) is 23.2. The van der Waals surface area contributed by atoms with Crippen molar-refractivity contribution < 1.29 is 41.3 Å². The molecule has 0 amide bonds. The van der Waals surface area contributed by atoms with Crippen molar-refractivity contribution in [3.05, 3.63) is 99.5 Å². The Kier molecular flexibility index (Phi) is 10.7. The van der Waals surface area contributed by atoms with Crippen LogP contribution in [-0.4, -0.2) is 58.2 Å². The van der Waals surface area contributed by atoms with Gasteiger partial charge in [-0.2, -0.15) is 17.9 Å². The summed E-state index contributed by atoms with van der Waals surface area (Å²) in [6.07, 6.45) is -5.08. The van der Waals surface area contributed by atoms with Crippen molar-refractivity contribution in [3.63, 3.8) is 0 Å². The Morgan fingerprint density at radius 1 is 1.16 bits per heavy atom. The zero-order chi connectivity index (χ0) is 32.6. The topological polar surface area (TPSA) is 168 Å². The van der Waals surface area contributed by atoms with Gasteiger partial charge < -0.3 is 25.6 Å². The zero-order valence-electron chi connectivity index (χ0n) is 23.2. The number of aromatic amines is 1. The summed E-state index contributed by atoms with van der Waals surface area (Å²) in [6, 6.07) is 15.6. The van der Waals surface area contributed by atoms with Crippen LogP contribution in [0.2, 0.25) is 0 Å². The van der Waals surface area contributed by atoms with E-state index in [0.717, 1.165) is 4.68 Å². The molecule has 1 heterocycles. The molecule has 11 nitrogen and oxygen atoms in total. The quantitative estimate of drug-likeness (QED) is 0.0980. The van der Waals surface area contributed by atoms with Gasteiger partial charge in [0.25, 0.3) is 0 Å². The van der Waals surface area contributed by atoms with Crippen LogP contribution in [0.4, 0.5) is 27.6 Å². The summed E-state index contributed by atoms with van der Waals surface area (Å²) < 4.78 is 71.9. The Morgan fingerprint density at radius 3 is 2.36 bits per heavy atom. The minimum absolute atomic E-state index is 0.0950. The van der Waals surface area contributed by atoms with Crippen LogP contribution in [0, 0.1) is 18.2 Å². The van der Waals surface area contributed by atoms with Gasteiger partial charge in [-0.05, 0) is 55.0 Å². The number of alkyl halides is 4. The van der Waals surface area contributed by atoms with Crippen molar-refractivity contribution in [2.75, 3.05) is 25.7 Å². The number of carbonyl (C=O) groups is 1. The highest BCUT2D eigenvalue weighted by molar-refractivity contribution is 5.95. The van der Waals surface area contributed by atoms with Crippen LogP contribution in [0.1, 0.15) is 28.6 Å². The number of nitrogen functional groups attached to an aromatic ring is 1. The lowest BCUT2D eigenvalue weighted by molar-refractivity contribution is -0.192. The number of H-pyrrole nitrogens is 1. The smallest absolute Gasteiger partial charge is 0.490 e. The van der Waals surface area contributed by atoms with Crippen molar-refractivity contribution >= 4 is 17.5 Å². The third-order valence-corrected chi connectivity index (χ3v) is 5.83. The molecule has 0 saturated heterocycles. The van der Waals surface area contributed by atoms with Crippen molar-refractivity contribution in [2.45, 2.75) is 19.1 Å². The van der Waals surface area contributed by atoms with E-state index in [9.17, 15) is 22.4 Å². The number of aromatic nitrogens is 3. The molecule has 0 saturated carbocycles. The van der Waals surface area contributed by atoms with E-state index in [2.05, 4.69) is 15.4 Å². The van der Waals surface area contributed by atoms with Gasteiger partial charge in [0.2, 0.25) is 0 Å². The Hall–Kier alpha value is -5.41. The maximum absolute atomic E-state index is 15.7. The summed E-state index contributed by atoms with van der Waals surface area (Å²) in [5.41, 5.74) is 7.25. The maximum atomic E-state index is 15.7. The standard InChI is InChI=1S/C26H26F2N6O3.C2HF3O2/c1-15-13-18(22(28)21(14-15)37-12-11-27)23(31-17-9-7-16(8-10-17)24(29)30)25-32-26(35)34(33-25)19-5-3-4-6-20(19)36-2;3-2(4,5)1(6)7/h3-10,13-14,23,31H,11-12H2,1-2H3,(H3,29,30)(H,32,33,35);(H,6,7). The van der Waals surface area contributed by atoms with E-state index < -0.39 is 36.4 Å². The number of nitrogens with two attached hydrogens (primary N) is 1. The fourth-order valence-electron chi connectivity index (χ4n) is 3.87. The molecule has 0 spiro atoms. The number of ether oxygens (including phenoxy) is 2. The monoisotopic (exact) mass is 622 g/mol. The Balaban J connectivity index is 0.000000676. The van der Waals surface area contributed by atoms with Crippen molar-refractivity contribution in [2.24, 2.45) is 5.73 Å². The van der Waals surface area contributed by atoms with Crippen LogP contribution < -0.4 is 26.2 Å². The van der Waals surface area contributed by atoms with Gasteiger partial charge in [-0.1, -0.05) is 18.2 Å². The Bertz CT molecular complexity index is 1670. The van der Waals surface area contributed by atoms with E-state index in [1.165, 1.54) is 13.2 Å². The number of carboxylic acid groups (broad SMARTS) is 1. The first-order valence-corrected chi connectivity index (χ1v) is 12.6. The summed E-state index contributed by atoms with van der Waals surface area (Å²) in [6.45, 7) is 0.674. The number of carboxylic acids is 1. The third kappa shape index (κ3) is 8.11. The second kappa shape index (κ2) is 14.2. The summed E-state index contributed by atoms with van der Waals surface area (Å²) in [5.74, 6) is -3.14. The average Bonchev–Trinajstić information content (AvgIpc) is 3.37. The molecular weight excluding hydrogens is 595 g/mol. The summed E-state index contributed by atoms with van der Waals surface area (Å²) >= 11 is 0. The first-order valence-electron chi connectivity index (χ1n) is 12.6. The minimum atomic E-state index is -5.08. The summed E-state index contributed by atoms with van der Waals surface area (Å²) in [7, 11) is 1.48. The number of nitrogens with one attached hydrogen (secondary N) is 3. The van der Waals surface area contributed by atoms with Gasteiger partial charge in [0.15, 0.2) is 17.4 Å². The summed E-state index contributed by atoms with van der Waals surface area (Å²) in [5, 5.41) is 22.4. The number of para-hydroxylation sites is 2. The summed E-state index contributed by atoms with van der Waals surface area (Å²) in [4.78, 5) is 24.5. The molecule has 3 aromatic carbocycles. The van der Waals surface area contributed by atoms with Crippen molar-refractivity contribution in [3.8, 4) is 17.2 Å². The Morgan fingerprint density at radius 2 is 1.80 bits per heavy atom. The Labute approximate surface area is 246 Å². The molecule has 4 aromatic rings. The van der Waals surface area contributed by atoms with E-state index in [0.29, 0.717) is 28.3 Å². The normalized spacial score (nSPS) is 11.6. The molecule has 1 aromatic heterocycles. The highest BCUT2D eigenvalue weighted by Gasteiger charge is 2.38. The van der Waals surface area contributed by atoms with Gasteiger partial charge in [0.05, 0.1) is 7.11 Å². The number of amidine groups is 1. The molecule has 0 aliphatic rings. The number of rotatable bonds is 10. The number of methoxy groups -OCH3 is 1. The van der Waals surface area contributed by atoms with Crippen LogP contribution in [0.15, 0.2) is 65.5 Å². The molecule has 0 radical (unpaired) electrons. The first kappa shape index (κ1) is 33.1. The molecule has 6 N–H and O–H groups in total. The number of aliphatic carboxylic acids is 1. The molecule has 0 bridgehead atoms. The lowest BCUT2D eigenvalue weighted by Crippen LogP contribution is -2.21. The highest BCUT2D eigenvalue weighted by atomic mass is 19.4. The third-order valence-electron chi connectivity index (χ3n) is 5.83. The van der Waals surface area contributed by atoms with E-state index in [1.807, 2.05) is 0 Å². The van der Waals surface area contributed by atoms with Gasteiger partial charge in [-0.15, -0.1) is 5.10 Å². The van der Waals surface area contributed by atoms with Gasteiger partial charge in [0, 0.05) is 16.8 Å². The maximum Gasteiger partial charge on any atom is 0.490 e. The number of halogens is 5. The SMILES string of the molecule is COc1ccccc1-n1nc(C(Nc2ccc(C(=N)N)cc2)c2cc(C)cc(OCCF)c2F)[nH]c1=O.O=C(O)C(F)(F)F. The van der Waals surface area contributed by atoms with E-state index in [1.54, 1.807) is 61.5 Å². The number of hydrogen-bond donors (Lipinski definition) is 5. The fraction of sp³-hybridized carbons (Fsp3) is 0.214. The number of anilines is 1. The minimum Gasteiger partial charge on any atom is -0.494 e. The number of nitrogens with zero attached hydrogens (tertiary/aromatic N) is 2. The molecule has 0 aliphatic heterocycles. The number of aryl methyl sites for hydroxylation is 1. The molecule has 16 heteroatoms. The average molecular weight is 623 g/mol. The van der Waals surface area contributed by atoms with Gasteiger partial charge in [-0.25, -0.2) is 18.4 Å². The second-order valence-electron chi connectivity index (χ2n) is 8.97. The molecule has 4 rings (SSSR count). The fourth-order valence-corrected chi connectivity index (χ4v) is 3.87. The first-order chi connectivity index (χ1) is 20.8. The van der Waals surface area contributed by atoms with Crippen LogP contribution in [0.5, 0.6) is 11.5 Å². The molecule has 44 heavy (non-hydrogen) atoms. The predicted molar refractivity (Wildman–Crippen MR) is 150 cm³/mol. The second-order valence-corrected chi connectivity index (χ2v) is 8.97. The van der Waals surface area contributed by atoms with Crippen LogP contribution in [0.3, 0.4) is 0 Å². The van der Waals surface area contributed by atoms with Crippen LogP contribution in [-0.2, 0) is 4.79 Å². The number of hydrogen-bond acceptors (Lipinski definition) is 7. The van der Waals surface area contributed by atoms with Crippen LogP contribution in [0.25, 0.3) is 5.69 Å². The number of benzene rings is 3. The largest absolute Gasteiger partial charge is 0.494 e. The highest BCUT2D eigenvalue weighted by Crippen LogP contribution is 2.33. The molecule has 1 unspecified atom stereocenters. The van der Waals surface area contributed by atoms with Gasteiger partial charge in [-0.3, -0.25) is 10.4 Å². The van der Waals surface area contributed by atoms with Crippen molar-refractivity contribution in [1.82, 2.24) is 14.8 Å². The molecule has 234 valence electrons. The van der Waals surface area contributed by atoms with E-state index in [4.69, 9.17) is 30.5 Å². The van der Waals surface area contributed by atoms with Gasteiger partial charge in [0.1, 0.15) is 36.6 Å². The molecule has 0 aliphatic carbocycles. The molecule has 0 fully saturated rings.